The Morgan fingerprint density at radius 2 is 1.58 bits per heavy atom. The first-order valence-corrected chi connectivity index (χ1v) is 20.6. The molecule has 0 spiro atoms. The van der Waals surface area contributed by atoms with E-state index in [1.165, 1.54) is 4.31 Å². The number of fused-ring (bicyclic) bond motifs is 2. The van der Waals surface area contributed by atoms with Gasteiger partial charge in [0.2, 0.25) is 0 Å². The van der Waals surface area contributed by atoms with E-state index < -0.39 is 22.4 Å². The predicted molar refractivity (Wildman–Crippen MR) is 201 cm³/mol. The van der Waals surface area contributed by atoms with Gasteiger partial charge in [0.25, 0.3) is 16.1 Å². The summed E-state index contributed by atoms with van der Waals surface area (Å²) < 4.78 is 37.1. The number of likely N-dealkylation sites (tertiary alicyclic amines) is 2. The first-order chi connectivity index (χ1) is 25.4. The van der Waals surface area contributed by atoms with Crippen molar-refractivity contribution in [2.24, 2.45) is 17.0 Å². The molecule has 3 fully saturated rings. The van der Waals surface area contributed by atoms with E-state index >= 15 is 0 Å². The maximum absolute atomic E-state index is 14.3. The summed E-state index contributed by atoms with van der Waals surface area (Å²) in [6.45, 7) is 6.82. The second-order valence-electron chi connectivity index (χ2n) is 15.3. The molecule has 5 heterocycles. The maximum atomic E-state index is 14.3. The Bertz CT molecular complexity index is 1780. The third-order valence-corrected chi connectivity index (χ3v) is 13.1. The molecule has 5 aliphatic rings. The molecule has 3 saturated heterocycles. The fraction of sp³-hybridized carbons (Fsp3) is 0.605. The molecular formula is C38H53N7O7S. The lowest BCUT2D eigenvalue weighted by molar-refractivity contribution is -0.142. The van der Waals surface area contributed by atoms with Crippen LogP contribution in [0.25, 0.3) is 0 Å². The molecule has 0 saturated carbocycles. The van der Waals surface area contributed by atoms with E-state index in [1.807, 2.05) is 60.2 Å². The molecule has 53 heavy (non-hydrogen) atoms. The van der Waals surface area contributed by atoms with Crippen LogP contribution >= 0.6 is 0 Å². The number of nitrogens with one attached hydrogen (secondary N) is 1. The summed E-state index contributed by atoms with van der Waals surface area (Å²) in [5.74, 6) is 1.34. The zero-order chi connectivity index (χ0) is 37.3. The summed E-state index contributed by atoms with van der Waals surface area (Å²) in [5, 5.41) is 8.40. The monoisotopic (exact) mass is 751 g/mol. The molecule has 288 valence electrons. The number of carbonyl (C=O) groups excluding carboxylic acids is 3. The lowest BCUT2D eigenvalue weighted by Crippen LogP contribution is -2.52. The minimum absolute atomic E-state index is 0.00404. The van der Waals surface area contributed by atoms with Gasteiger partial charge < -0.3 is 34.4 Å². The molecular weight excluding hydrogens is 699 g/mol. The van der Waals surface area contributed by atoms with Crippen LogP contribution in [0.5, 0.6) is 5.75 Å². The van der Waals surface area contributed by atoms with Gasteiger partial charge in [-0.2, -0.15) is 12.7 Å². The molecule has 14 nitrogen and oxygen atoms in total. The van der Waals surface area contributed by atoms with E-state index in [4.69, 9.17) is 14.6 Å². The van der Waals surface area contributed by atoms with Crippen molar-refractivity contribution in [2.75, 3.05) is 76.2 Å². The minimum atomic E-state index is -3.68. The Hall–Kier alpha value is -4.08. The van der Waals surface area contributed by atoms with Gasteiger partial charge in [-0.15, -0.1) is 0 Å². The van der Waals surface area contributed by atoms with Gasteiger partial charge in [-0.3, -0.25) is 4.79 Å². The molecule has 1 atom stereocenters. The number of hydrogen-bond donors (Lipinski definition) is 2. The van der Waals surface area contributed by atoms with Crippen molar-refractivity contribution in [1.82, 2.24) is 19.0 Å². The topological polar surface area (TPSA) is 158 Å². The number of aryl methyl sites for hydroxylation is 1. The van der Waals surface area contributed by atoms with Gasteiger partial charge in [0, 0.05) is 71.0 Å². The number of hydrogen-bond acceptors (Lipinski definition) is 8. The molecule has 7 rings (SSSR count). The number of nitrogens with two attached hydrogens (primary N) is 1. The van der Waals surface area contributed by atoms with Crippen LogP contribution in [0.2, 0.25) is 0 Å². The zero-order valence-corrected chi connectivity index (χ0v) is 31.7. The molecule has 0 bridgehead atoms. The Balaban J connectivity index is 0.998. The number of anilines is 2. The van der Waals surface area contributed by atoms with Crippen LogP contribution in [-0.2, 0) is 32.6 Å². The van der Waals surface area contributed by atoms with Crippen LogP contribution in [0.3, 0.4) is 0 Å². The molecule has 0 aromatic heterocycles. The van der Waals surface area contributed by atoms with E-state index in [0.717, 1.165) is 72.5 Å². The predicted octanol–water partition coefficient (Wildman–Crippen LogP) is 3.58. The quantitative estimate of drug-likeness (QED) is 0.435. The van der Waals surface area contributed by atoms with Crippen LogP contribution in [0.4, 0.5) is 21.0 Å². The number of para-hydroxylation sites is 1. The zero-order valence-electron chi connectivity index (χ0n) is 30.9. The van der Waals surface area contributed by atoms with Crippen molar-refractivity contribution >= 4 is 39.6 Å². The summed E-state index contributed by atoms with van der Waals surface area (Å²) in [4.78, 5) is 48.7. The van der Waals surface area contributed by atoms with Gasteiger partial charge in [-0.05, 0) is 92.5 Å². The summed E-state index contributed by atoms with van der Waals surface area (Å²) in [6, 6.07) is 11.8. The normalized spacial score (nSPS) is 21.6. The van der Waals surface area contributed by atoms with Crippen molar-refractivity contribution < 1.29 is 32.3 Å². The van der Waals surface area contributed by atoms with Crippen LogP contribution in [-0.4, -0.2) is 124 Å². The highest BCUT2D eigenvalue weighted by Crippen LogP contribution is 2.37. The summed E-state index contributed by atoms with van der Waals surface area (Å²) in [7, 11) is -1.64. The minimum Gasteiger partial charge on any atom is -0.490 e. The van der Waals surface area contributed by atoms with Gasteiger partial charge in [0.05, 0.1) is 12.2 Å². The van der Waals surface area contributed by atoms with Gasteiger partial charge >= 0.3 is 12.1 Å². The lowest BCUT2D eigenvalue weighted by atomic mass is 9.79. The third kappa shape index (κ3) is 8.36. The van der Waals surface area contributed by atoms with Gasteiger partial charge in [0.15, 0.2) is 6.10 Å². The molecule has 2 aromatic rings. The largest absolute Gasteiger partial charge is 0.490 e. The first kappa shape index (κ1) is 37.2. The van der Waals surface area contributed by atoms with E-state index in [9.17, 15) is 22.8 Å². The molecule has 5 aliphatic heterocycles. The molecule has 15 heteroatoms. The SMILES string of the molecule is Cc1cc(C[C@@H](OC(=O)N2CCC(N3CCc4ccccc4NC3=O)CC2)C(=O)N2CCC(C3CCN(S(N)(=O)=O)CC3)CC2)cc2c1N(C)CCO2. The Morgan fingerprint density at radius 3 is 2.28 bits per heavy atom. The van der Waals surface area contributed by atoms with Crippen molar-refractivity contribution in [3.63, 3.8) is 0 Å². The lowest BCUT2D eigenvalue weighted by Gasteiger charge is -2.40. The smallest absolute Gasteiger partial charge is 0.410 e. The third-order valence-electron chi connectivity index (χ3n) is 12.0. The van der Waals surface area contributed by atoms with Crippen molar-refractivity contribution in [3.05, 3.63) is 53.1 Å². The van der Waals surface area contributed by atoms with Gasteiger partial charge in [-0.25, -0.2) is 14.7 Å². The number of likely N-dealkylation sites (N-methyl/N-ethyl adjacent to an activating group) is 1. The van der Waals surface area contributed by atoms with E-state index in [1.54, 1.807) is 4.90 Å². The molecule has 3 N–H and O–H groups in total. The molecule has 0 aliphatic carbocycles. The number of rotatable bonds is 7. The first-order valence-electron chi connectivity index (χ1n) is 19.1. The van der Waals surface area contributed by atoms with Crippen LogP contribution in [0.1, 0.15) is 55.2 Å². The maximum Gasteiger partial charge on any atom is 0.410 e. The molecule has 0 unspecified atom stereocenters. The highest BCUT2D eigenvalue weighted by atomic mass is 32.2. The number of nitrogens with zero attached hydrogens (tertiary/aromatic N) is 5. The van der Waals surface area contributed by atoms with Crippen LogP contribution in [0.15, 0.2) is 36.4 Å². The van der Waals surface area contributed by atoms with E-state index in [-0.39, 0.29) is 24.4 Å². The van der Waals surface area contributed by atoms with Gasteiger partial charge in [0.1, 0.15) is 12.4 Å². The van der Waals surface area contributed by atoms with Crippen molar-refractivity contribution in [2.45, 2.75) is 70.4 Å². The fourth-order valence-electron chi connectivity index (χ4n) is 9.03. The van der Waals surface area contributed by atoms with Crippen molar-refractivity contribution in [3.8, 4) is 5.75 Å². The fourth-order valence-corrected chi connectivity index (χ4v) is 9.74. The summed E-state index contributed by atoms with van der Waals surface area (Å²) in [5.41, 5.74) is 4.89. The average Bonchev–Trinajstić information content (AvgIpc) is 3.32. The van der Waals surface area contributed by atoms with Crippen LogP contribution < -0.4 is 20.1 Å². The Labute approximate surface area is 312 Å². The highest BCUT2D eigenvalue weighted by molar-refractivity contribution is 7.86. The number of carbonyl (C=O) groups is 3. The highest BCUT2D eigenvalue weighted by Gasteiger charge is 2.38. The number of urea groups is 1. The number of ether oxygens (including phenoxy) is 2. The summed E-state index contributed by atoms with van der Waals surface area (Å²) in [6.07, 6.45) is 3.85. The second kappa shape index (κ2) is 15.7. The van der Waals surface area contributed by atoms with Crippen molar-refractivity contribution in [1.29, 1.82) is 0 Å². The van der Waals surface area contributed by atoms with Gasteiger partial charge in [-0.1, -0.05) is 24.3 Å². The van der Waals surface area contributed by atoms with Crippen LogP contribution in [0, 0.1) is 18.8 Å². The average molecular weight is 752 g/mol. The standard InChI is InChI=1S/C38H53N7O7S/c1-26-23-27(24-33-35(26)41(2)21-22-51-33)25-34(36(46)42-14-7-28(8-15-42)29-9-18-44(19-10-29)53(39,49)50)52-38(48)43-16-12-31(13-17-43)45-20-11-30-5-3-4-6-32(30)40-37(45)47/h3-6,23-24,28-29,31,34H,7-22,25H2,1-2H3,(H,40,47)(H2,39,49,50)/t34-/m1/s1. The number of amides is 4. The van der Waals surface area contributed by atoms with E-state index in [0.29, 0.717) is 77.1 Å². The molecule has 2 aromatic carbocycles. The second-order valence-corrected chi connectivity index (χ2v) is 16.8. The number of piperidine rings is 3. The Kier molecular flexibility index (Phi) is 11.0. The molecule has 0 radical (unpaired) electrons. The molecule has 4 amide bonds. The number of benzene rings is 2. The van der Waals surface area contributed by atoms with E-state index in [2.05, 4.69) is 10.2 Å². The Morgan fingerprint density at radius 1 is 0.925 bits per heavy atom. The summed E-state index contributed by atoms with van der Waals surface area (Å²) >= 11 is 0.